The van der Waals surface area contributed by atoms with Crippen LogP contribution in [-0.4, -0.2) is 6.54 Å². The molecule has 0 heterocycles. The molecule has 1 rings (SSSR count). The second-order valence-electron chi connectivity index (χ2n) is 3.03. The second kappa shape index (κ2) is 6.36. The highest BCUT2D eigenvalue weighted by Gasteiger charge is 2.08. The number of halogens is 2. The number of nitriles is 1. The third kappa shape index (κ3) is 3.48. The van der Waals surface area contributed by atoms with E-state index in [2.05, 4.69) is 0 Å². The fourth-order valence-corrected chi connectivity index (χ4v) is 1.21. The summed E-state index contributed by atoms with van der Waals surface area (Å²) in [4.78, 5) is 0. The molecule has 0 aromatic heterocycles. The van der Waals surface area contributed by atoms with Gasteiger partial charge in [0.25, 0.3) is 0 Å². The first-order chi connectivity index (χ1) is 6.69. The largest absolute Gasteiger partial charge is 0.330 e. The van der Waals surface area contributed by atoms with Crippen molar-refractivity contribution in [3.8, 4) is 6.07 Å². The molecule has 0 fully saturated rings. The van der Waals surface area contributed by atoms with Gasteiger partial charge in [-0.2, -0.15) is 5.26 Å². The van der Waals surface area contributed by atoms with Gasteiger partial charge in [0, 0.05) is 6.04 Å². The number of benzene rings is 1. The Hall–Kier alpha value is -1.15. The predicted molar refractivity (Wildman–Crippen MR) is 59.0 cm³/mol. The Morgan fingerprint density at radius 2 is 2.13 bits per heavy atom. The lowest BCUT2D eigenvalue weighted by atomic mass is 10.0. The van der Waals surface area contributed by atoms with Gasteiger partial charge in [0.05, 0.1) is 5.56 Å². The van der Waals surface area contributed by atoms with E-state index in [9.17, 15) is 4.39 Å². The summed E-state index contributed by atoms with van der Waals surface area (Å²) >= 11 is 0. The molecule has 15 heavy (non-hydrogen) atoms. The molecule has 0 saturated carbocycles. The van der Waals surface area contributed by atoms with Crippen molar-refractivity contribution in [2.45, 2.75) is 12.5 Å². The van der Waals surface area contributed by atoms with Crippen molar-refractivity contribution in [1.29, 1.82) is 5.26 Å². The third-order valence-electron chi connectivity index (χ3n) is 2.02. The van der Waals surface area contributed by atoms with Gasteiger partial charge >= 0.3 is 0 Å². The Balaban J connectivity index is 0.00000196. The molecule has 1 aromatic carbocycles. The molecule has 4 N–H and O–H groups in total. The second-order valence-corrected chi connectivity index (χ2v) is 3.03. The van der Waals surface area contributed by atoms with E-state index in [1.165, 1.54) is 12.1 Å². The maximum Gasteiger partial charge on any atom is 0.140 e. The van der Waals surface area contributed by atoms with Gasteiger partial charge in [-0.25, -0.2) is 4.39 Å². The Kier molecular flexibility index (Phi) is 5.87. The normalized spacial score (nSPS) is 11.3. The monoisotopic (exact) mass is 229 g/mol. The number of nitrogens with zero attached hydrogens (tertiary/aromatic N) is 1. The fourth-order valence-electron chi connectivity index (χ4n) is 1.21. The zero-order valence-electron chi connectivity index (χ0n) is 8.11. The van der Waals surface area contributed by atoms with Gasteiger partial charge in [-0.1, -0.05) is 6.07 Å². The molecule has 0 radical (unpaired) electrons. The molecule has 5 heteroatoms. The van der Waals surface area contributed by atoms with E-state index in [1.807, 2.05) is 0 Å². The highest BCUT2D eigenvalue weighted by molar-refractivity contribution is 5.85. The Bertz CT molecular complexity index is 362. The summed E-state index contributed by atoms with van der Waals surface area (Å²) in [5.74, 6) is -0.517. The van der Waals surface area contributed by atoms with Crippen LogP contribution in [-0.2, 0) is 0 Å². The van der Waals surface area contributed by atoms with Crippen LogP contribution in [0.1, 0.15) is 23.6 Å². The van der Waals surface area contributed by atoms with Crippen LogP contribution in [0.4, 0.5) is 4.39 Å². The average Bonchev–Trinajstić information content (AvgIpc) is 2.19. The number of hydrogen-bond donors (Lipinski definition) is 2. The van der Waals surface area contributed by atoms with Crippen LogP contribution in [0.25, 0.3) is 0 Å². The SMILES string of the molecule is Cl.N#Cc1cc([C@H](N)CCN)ccc1F. The topological polar surface area (TPSA) is 75.8 Å². The van der Waals surface area contributed by atoms with Gasteiger partial charge in [0.1, 0.15) is 11.9 Å². The molecule has 0 spiro atoms. The maximum atomic E-state index is 12.9. The van der Waals surface area contributed by atoms with E-state index >= 15 is 0 Å². The Labute approximate surface area is 94.3 Å². The predicted octanol–water partition coefficient (Wildman–Crippen LogP) is 1.47. The fraction of sp³-hybridized carbons (Fsp3) is 0.300. The minimum atomic E-state index is -0.517. The minimum absolute atomic E-state index is 0. The van der Waals surface area contributed by atoms with Gasteiger partial charge in [0.15, 0.2) is 0 Å². The summed E-state index contributed by atoms with van der Waals surface area (Å²) in [6, 6.07) is 5.84. The van der Waals surface area contributed by atoms with Crippen molar-refractivity contribution in [2.75, 3.05) is 6.54 Å². The third-order valence-corrected chi connectivity index (χ3v) is 2.02. The zero-order chi connectivity index (χ0) is 10.6. The van der Waals surface area contributed by atoms with Gasteiger partial charge < -0.3 is 11.5 Å². The van der Waals surface area contributed by atoms with Crippen molar-refractivity contribution in [2.24, 2.45) is 11.5 Å². The Morgan fingerprint density at radius 1 is 1.47 bits per heavy atom. The highest BCUT2D eigenvalue weighted by atomic mass is 35.5. The van der Waals surface area contributed by atoms with E-state index < -0.39 is 5.82 Å². The molecule has 0 aliphatic rings. The van der Waals surface area contributed by atoms with Gasteiger partial charge in [-0.05, 0) is 30.7 Å². The number of hydrogen-bond acceptors (Lipinski definition) is 3. The first-order valence-electron chi connectivity index (χ1n) is 4.34. The van der Waals surface area contributed by atoms with Crippen molar-refractivity contribution < 1.29 is 4.39 Å². The van der Waals surface area contributed by atoms with Crippen LogP contribution in [0.2, 0.25) is 0 Å². The highest BCUT2D eigenvalue weighted by Crippen LogP contribution is 2.16. The van der Waals surface area contributed by atoms with Crippen LogP contribution in [0.15, 0.2) is 18.2 Å². The number of nitrogens with two attached hydrogens (primary N) is 2. The molecule has 82 valence electrons. The molecule has 0 bridgehead atoms. The first kappa shape index (κ1) is 13.8. The molecule has 3 nitrogen and oxygen atoms in total. The summed E-state index contributed by atoms with van der Waals surface area (Å²) < 4.78 is 12.9. The lowest BCUT2D eigenvalue weighted by Gasteiger charge is -2.10. The smallest absolute Gasteiger partial charge is 0.140 e. The van der Waals surface area contributed by atoms with E-state index in [0.29, 0.717) is 13.0 Å². The van der Waals surface area contributed by atoms with E-state index in [1.54, 1.807) is 12.1 Å². The van der Waals surface area contributed by atoms with E-state index in [-0.39, 0.29) is 24.0 Å². The first-order valence-corrected chi connectivity index (χ1v) is 4.34. The molecule has 0 aliphatic heterocycles. The standard InChI is InChI=1S/C10H12FN3.ClH/c11-9-2-1-7(5-8(9)6-13)10(14)3-4-12;/h1-2,5,10H,3-4,12,14H2;1H/t10-;/m1./s1. The van der Waals surface area contributed by atoms with Crippen LogP contribution < -0.4 is 11.5 Å². The summed E-state index contributed by atoms with van der Waals surface area (Å²) in [7, 11) is 0. The average molecular weight is 230 g/mol. The van der Waals surface area contributed by atoms with Gasteiger partial charge in [-0.15, -0.1) is 12.4 Å². The molecular weight excluding hydrogens is 217 g/mol. The summed E-state index contributed by atoms with van der Waals surface area (Å²) in [6.45, 7) is 0.473. The molecule has 1 aromatic rings. The molecule has 0 amide bonds. The molecule has 0 aliphatic carbocycles. The minimum Gasteiger partial charge on any atom is -0.330 e. The quantitative estimate of drug-likeness (QED) is 0.824. The molecule has 0 saturated heterocycles. The van der Waals surface area contributed by atoms with Gasteiger partial charge in [-0.3, -0.25) is 0 Å². The van der Waals surface area contributed by atoms with Crippen LogP contribution in [0.5, 0.6) is 0 Å². The van der Waals surface area contributed by atoms with Crippen LogP contribution >= 0.6 is 12.4 Å². The van der Waals surface area contributed by atoms with Crippen LogP contribution in [0.3, 0.4) is 0 Å². The Morgan fingerprint density at radius 3 is 2.67 bits per heavy atom. The molecular formula is C10H13ClFN3. The van der Waals surface area contributed by atoms with Crippen LogP contribution in [0, 0.1) is 17.1 Å². The van der Waals surface area contributed by atoms with Crippen molar-refractivity contribution in [1.82, 2.24) is 0 Å². The lowest BCUT2D eigenvalue weighted by Crippen LogP contribution is -2.15. The van der Waals surface area contributed by atoms with Crippen molar-refractivity contribution in [3.05, 3.63) is 35.1 Å². The van der Waals surface area contributed by atoms with E-state index in [4.69, 9.17) is 16.7 Å². The maximum absolute atomic E-state index is 12.9. The zero-order valence-corrected chi connectivity index (χ0v) is 8.93. The molecule has 0 unspecified atom stereocenters. The summed E-state index contributed by atoms with van der Waals surface area (Å²) in [6.07, 6.45) is 0.622. The molecule has 1 atom stereocenters. The van der Waals surface area contributed by atoms with E-state index in [0.717, 1.165) is 5.56 Å². The van der Waals surface area contributed by atoms with Crippen molar-refractivity contribution >= 4 is 12.4 Å². The summed E-state index contributed by atoms with van der Waals surface area (Å²) in [5.41, 5.74) is 11.9. The van der Waals surface area contributed by atoms with Gasteiger partial charge in [0.2, 0.25) is 0 Å². The number of rotatable bonds is 3. The van der Waals surface area contributed by atoms with Crippen molar-refractivity contribution in [3.63, 3.8) is 0 Å². The lowest BCUT2D eigenvalue weighted by molar-refractivity contribution is 0.617. The summed E-state index contributed by atoms with van der Waals surface area (Å²) in [5, 5.41) is 8.60.